The predicted octanol–water partition coefficient (Wildman–Crippen LogP) is 7.29. The Balaban J connectivity index is 1.77. The second kappa shape index (κ2) is 10.3. The SMILES string of the molecule is C=CCOc1ccc(C2c3c(oc4ccc(Br)cc4c3=O)C(=O)N2c2cccc(C(F)(F)F)c2)cc1OCC. The Morgan fingerprint density at radius 1 is 1.05 bits per heavy atom. The number of anilines is 1. The smallest absolute Gasteiger partial charge is 0.416 e. The maximum Gasteiger partial charge on any atom is 0.416 e. The quantitative estimate of drug-likeness (QED) is 0.209. The summed E-state index contributed by atoms with van der Waals surface area (Å²) in [5.74, 6) is -0.219. The molecule has 5 rings (SSSR count). The molecule has 0 radical (unpaired) electrons. The van der Waals surface area contributed by atoms with Gasteiger partial charge in [0.05, 0.1) is 29.2 Å². The highest BCUT2D eigenvalue weighted by Gasteiger charge is 2.44. The molecule has 1 amide bonds. The van der Waals surface area contributed by atoms with Crippen molar-refractivity contribution in [3.8, 4) is 11.5 Å². The highest BCUT2D eigenvalue weighted by atomic mass is 79.9. The van der Waals surface area contributed by atoms with E-state index in [4.69, 9.17) is 13.9 Å². The molecule has 0 aliphatic carbocycles. The highest BCUT2D eigenvalue weighted by molar-refractivity contribution is 9.10. The van der Waals surface area contributed by atoms with Gasteiger partial charge in [-0.05, 0) is 61.0 Å². The van der Waals surface area contributed by atoms with E-state index in [0.717, 1.165) is 17.0 Å². The van der Waals surface area contributed by atoms with Crippen LogP contribution in [0.2, 0.25) is 0 Å². The van der Waals surface area contributed by atoms with E-state index in [9.17, 15) is 22.8 Å². The van der Waals surface area contributed by atoms with Gasteiger partial charge in [-0.25, -0.2) is 0 Å². The normalized spacial score (nSPS) is 14.9. The molecule has 0 spiro atoms. The molecule has 0 saturated carbocycles. The van der Waals surface area contributed by atoms with Crippen LogP contribution in [0.3, 0.4) is 0 Å². The third-order valence-corrected chi connectivity index (χ3v) is 6.72. The molecular formula is C29H21BrF3NO5. The number of fused-ring (bicyclic) bond motifs is 2. The van der Waals surface area contributed by atoms with Crippen LogP contribution in [-0.2, 0) is 6.18 Å². The van der Waals surface area contributed by atoms with E-state index in [0.29, 0.717) is 28.1 Å². The largest absolute Gasteiger partial charge is 0.490 e. The van der Waals surface area contributed by atoms with Crippen LogP contribution in [0.1, 0.15) is 40.2 Å². The first-order chi connectivity index (χ1) is 18.6. The Bertz CT molecular complexity index is 1660. The van der Waals surface area contributed by atoms with E-state index in [-0.39, 0.29) is 34.6 Å². The molecule has 2 heterocycles. The van der Waals surface area contributed by atoms with Crippen LogP contribution in [0.15, 0.2) is 87.0 Å². The van der Waals surface area contributed by atoms with Crippen molar-refractivity contribution in [2.45, 2.75) is 19.1 Å². The third kappa shape index (κ3) is 4.80. The molecule has 1 aliphatic rings. The van der Waals surface area contributed by atoms with Gasteiger partial charge in [-0.15, -0.1) is 0 Å². The van der Waals surface area contributed by atoms with Crippen molar-refractivity contribution >= 4 is 38.5 Å². The van der Waals surface area contributed by atoms with Gasteiger partial charge in [-0.3, -0.25) is 14.5 Å². The Hall–Kier alpha value is -4.05. The first-order valence-electron chi connectivity index (χ1n) is 11.9. The molecule has 3 aromatic carbocycles. The molecule has 200 valence electrons. The molecular weight excluding hydrogens is 579 g/mol. The van der Waals surface area contributed by atoms with E-state index in [1.54, 1.807) is 49.4 Å². The summed E-state index contributed by atoms with van der Waals surface area (Å²) in [6.07, 6.45) is -3.07. The lowest BCUT2D eigenvalue weighted by atomic mass is 9.97. The first-order valence-corrected chi connectivity index (χ1v) is 12.7. The summed E-state index contributed by atoms with van der Waals surface area (Å²) in [5.41, 5.74) is -0.811. The number of amides is 1. The molecule has 0 saturated heterocycles. The maximum absolute atomic E-state index is 13.8. The number of nitrogens with zero attached hydrogens (tertiary/aromatic N) is 1. The summed E-state index contributed by atoms with van der Waals surface area (Å²) in [6, 6.07) is 13.0. The van der Waals surface area contributed by atoms with Gasteiger partial charge in [0.15, 0.2) is 16.9 Å². The van der Waals surface area contributed by atoms with E-state index < -0.39 is 29.1 Å². The van der Waals surface area contributed by atoms with E-state index in [1.807, 2.05) is 0 Å². The zero-order chi connectivity index (χ0) is 27.9. The summed E-state index contributed by atoms with van der Waals surface area (Å²) in [5, 5.41) is 0.225. The van der Waals surface area contributed by atoms with Crippen molar-refractivity contribution in [2.24, 2.45) is 0 Å². The molecule has 1 aromatic heterocycles. The zero-order valence-corrected chi connectivity index (χ0v) is 22.1. The number of halogens is 4. The highest BCUT2D eigenvalue weighted by Crippen LogP contribution is 2.44. The summed E-state index contributed by atoms with van der Waals surface area (Å²) < 4.78 is 58.7. The minimum Gasteiger partial charge on any atom is -0.490 e. The van der Waals surface area contributed by atoms with Gasteiger partial charge in [0, 0.05) is 10.2 Å². The van der Waals surface area contributed by atoms with Crippen LogP contribution in [0.4, 0.5) is 18.9 Å². The average molecular weight is 600 g/mol. The molecule has 1 atom stereocenters. The fourth-order valence-corrected chi connectivity index (χ4v) is 4.95. The second-order valence-electron chi connectivity index (χ2n) is 8.68. The summed E-state index contributed by atoms with van der Waals surface area (Å²) in [6.45, 7) is 5.93. The number of alkyl halides is 3. The van der Waals surface area contributed by atoms with Crippen LogP contribution in [0.5, 0.6) is 11.5 Å². The Labute approximate surface area is 229 Å². The fourth-order valence-electron chi connectivity index (χ4n) is 4.59. The Morgan fingerprint density at radius 2 is 1.85 bits per heavy atom. The number of carbonyl (C=O) groups is 1. The molecule has 1 aliphatic heterocycles. The van der Waals surface area contributed by atoms with Crippen molar-refractivity contribution < 1.29 is 31.9 Å². The van der Waals surface area contributed by atoms with Crippen molar-refractivity contribution in [3.63, 3.8) is 0 Å². The lowest BCUT2D eigenvalue weighted by Crippen LogP contribution is -2.29. The van der Waals surface area contributed by atoms with E-state index >= 15 is 0 Å². The molecule has 10 heteroatoms. The van der Waals surface area contributed by atoms with Crippen LogP contribution in [0.25, 0.3) is 11.0 Å². The number of ether oxygens (including phenoxy) is 2. The predicted molar refractivity (Wildman–Crippen MR) is 144 cm³/mol. The molecule has 1 unspecified atom stereocenters. The molecule has 39 heavy (non-hydrogen) atoms. The van der Waals surface area contributed by atoms with Gasteiger partial charge < -0.3 is 13.9 Å². The molecule has 6 nitrogen and oxygen atoms in total. The van der Waals surface area contributed by atoms with Crippen LogP contribution >= 0.6 is 15.9 Å². The van der Waals surface area contributed by atoms with Gasteiger partial charge in [-0.1, -0.05) is 40.7 Å². The summed E-state index contributed by atoms with van der Waals surface area (Å²) in [4.78, 5) is 28.7. The van der Waals surface area contributed by atoms with E-state index in [1.165, 1.54) is 12.1 Å². The van der Waals surface area contributed by atoms with Gasteiger partial charge in [0.1, 0.15) is 12.2 Å². The number of rotatable bonds is 7. The topological polar surface area (TPSA) is 69.0 Å². The minimum atomic E-state index is -4.64. The van der Waals surface area contributed by atoms with E-state index in [2.05, 4.69) is 22.5 Å². The standard InChI is InChI=1S/C29H21BrF3NO5/c1-3-12-38-22-10-8-16(13-23(22)37-4-2)25-24-26(35)20-15-18(30)9-11-21(20)39-27(24)28(36)34(25)19-7-5-6-17(14-19)29(31,32)33/h3,5-11,13-15,25H,1,4,12H2,2H3. The molecule has 0 bridgehead atoms. The second-order valence-corrected chi connectivity index (χ2v) is 9.59. The fraction of sp³-hybridized carbons (Fsp3) is 0.172. The molecule has 4 aromatic rings. The van der Waals surface area contributed by atoms with Crippen molar-refractivity contribution in [3.05, 3.63) is 110 Å². The van der Waals surface area contributed by atoms with Gasteiger partial charge in [0.25, 0.3) is 5.91 Å². The van der Waals surface area contributed by atoms with Crippen molar-refractivity contribution in [2.75, 3.05) is 18.1 Å². The summed E-state index contributed by atoms with van der Waals surface area (Å²) in [7, 11) is 0. The third-order valence-electron chi connectivity index (χ3n) is 6.22. The number of hydrogen-bond donors (Lipinski definition) is 0. The van der Waals surface area contributed by atoms with Crippen molar-refractivity contribution in [1.29, 1.82) is 0 Å². The lowest BCUT2D eigenvalue weighted by molar-refractivity contribution is -0.137. The average Bonchev–Trinajstić information content (AvgIpc) is 3.20. The van der Waals surface area contributed by atoms with Crippen LogP contribution < -0.4 is 19.8 Å². The number of benzene rings is 3. The lowest BCUT2D eigenvalue weighted by Gasteiger charge is -2.26. The molecule has 0 fully saturated rings. The van der Waals surface area contributed by atoms with Gasteiger partial charge in [0.2, 0.25) is 5.76 Å². The Kier molecular flexibility index (Phi) is 6.98. The Morgan fingerprint density at radius 3 is 2.56 bits per heavy atom. The monoisotopic (exact) mass is 599 g/mol. The number of hydrogen-bond acceptors (Lipinski definition) is 5. The first kappa shape index (κ1) is 26.6. The summed E-state index contributed by atoms with van der Waals surface area (Å²) >= 11 is 3.35. The van der Waals surface area contributed by atoms with Gasteiger partial charge in [-0.2, -0.15) is 13.2 Å². The van der Waals surface area contributed by atoms with Crippen LogP contribution in [0, 0.1) is 0 Å². The van der Waals surface area contributed by atoms with Crippen molar-refractivity contribution in [1.82, 2.24) is 0 Å². The zero-order valence-electron chi connectivity index (χ0n) is 20.5. The molecule has 0 N–H and O–H groups in total. The maximum atomic E-state index is 13.8. The number of carbonyl (C=O) groups excluding carboxylic acids is 1. The minimum absolute atomic E-state index is 0.0187. The van der Waals surface area contributed by atoms with Gasteiger partial charge >= 0.3 is 6.18 Å². The van der Waals surface area contributed by atoms with Crippen LogP contribution in [-0.4, -0.2) is 19.1 Å².